The highest BCUT2D eigenvalue weighted by Gasteiger charge is 2.42. The van der Waals surface area contributed by atoms with E-state index < -0.39 is 17.9 Å². The third-order valence-corrected chi connectivity index (χ3v) is 4.55. The fourth-order valence-corrected chi connectivity index (χ4v) is 3.33. The summed E-state index contributed by atoms with van der Waals surface area (Å²) in [4.78, 5) is 50.5. The standard InChI is InChI=1S/C18H19NO5/c1-24-10-11-5-7-13-14(9-11)18(23)19(17(13)22)15-8-6-12(20)3-2-4-16(15)21/h5,7,9,15H,2-4,6,8,10H2,1H3. The first kappa shape index (κ1) is 16.5. The summed E-state index contributed by atoms with van der Waals surface area (Å²) in [5.41, 5.74) is 1.40. The lowest BCUT2D eigenvalue weighted by Gasteiger charge is -2.26. The molecule has 126 valence electrons. The second kappa shape index (κ2) is 6.65. The van der Waals surface area contributed by atoms with Gasteiger partial charge >= 0.3 is 0 Å². The minimum Gasteiger partial charge on any atom is -0.380 e. The fraction of sp³-hybridized carbons (Fsp3) is 0.444. The van der Waals surface area contributed by atoms with Crippen LogP contribution in [0.4, 0.5) is 0 Å². The molecule has 0 saturated heterocycles. The minimum atomic E-state index is -0.840. The molecule has 1 atom stereocenters. The maximum absolute atomic E-state index is 12.7. The summed E-state index contributed by atoms with van der Waals surface area (Å²) in [5, 5.41) is 0. The normalized spacial score (nSPS) is 21.7. The van der Waals surface area contributed by atoms with E-state index in [4.69, 9.17) is 4.74 Å². The van der Waals surface area contributed by atoms with Crippen molar-refractivity contribution in [1.82, 2.24) is 4.90 Å². The molecule has 6 nitrogen and oxygen atoms in total. The number of benzene rings is 1. The smallest absolute Gasteiger partial charge is 0.262 e. The number of methoxy groups -OCH3 is 1. The Balaban J connectivity index is 1.91. The van der Waals surface area contributed by atoms with Crippen LogP contribution < -0.4 is 0 Å². The second-order valence-electron chi connectivity index (χ2n) is 6.21. The number of carbonyl (C=O) groups excluding carboxylic acids is 4. The van der Waals surface area contributed by atoms with Crippen molar-refractivity contribution >= 4 is 23.4 Å². The Morgan fingerprint density at radius 3 is 2.54 bits per heavy atom. The molecule has 1 fully saturated rings. The van der Waals surface area contributed by atoms with E-state index >= 15 is 0 Å². The van der Waals surface area contributed by atoms with Gasteiger partial charge in [0.15, 0.2) is 5.78 Å². The molecule has 0 radical (unpaired) electrons. The van der Waals surface area contributed by atoms with Gasteiger partial charge in [-0.25, -0.2) is 0 Å². The van der Waals surface area contributed by atoms with Gasteiger partial charge in [0.2, 0.25) is 0 Å². The molecule has 1 aromatic carbocycles. The van der Waals surface area contributed by atoms with E-state index in [1.54, 1.807) is 25.3 Å². The summed E-state index contributed by atoms with van der Waals surface area (Å²) < 4.78 is 5.05. The Kier molecular flexibility index (Phi) is 4.57. The number of ether oxygens (including phenoxy) is 1. The number of fused-ring (bicyclic) bond motifs is 1. The summed E-state index contributed by atoms with van der Waals surface area (Å²) in [6.45, 7) is 0.339. The Hall–Kier alpha value is -2.34. The van der Waals surface area contributed by atoms with E-state index in [1.165, 1.54) is 0 Å². The summed E-state index contributed by atoms with van der Waals surface area (Å²) in [6.07, 6.45) is 1.53. The Labute approximate surface area is 139 Å². The van der Waals surface area contributed by atoms with Crippen LogP contribution in [0.5, 0.6) is 0 Å². The van der Waals surface area contributed by atoms with E-state index in [0.717, 1.165) is 10.5 Å². The highest BCUT2D eigenvalue weighted by Crippen LogP contribution is 2.29. The maximum atomic E-state index is 12.7. The molecule has 6 heteroatoms. The van der Waals surface area contributed by atoms with Gasteiger partial charge in [0, 0.05) is 26.4 Å². The molecule has 1 aliphatic carbocycles. The first-order chi connectivity index (χ1) is 11.5. The minimum absolute atomic E-state index is 0.0755. The lowest BCUT2D eigenvalue weighted by molar-refractivity contribution is -0.125. The Morgan fingerprint density at radius 1 is 1.04 bits per heavy atom. The van der Waals surface area contributed by atoms with E-state index in [0.29, 0.717) is 30.6 Å². The molecule has 1 saturated carbocycles. The lowest BCUT2D eigenvalue weighted by atomic mass is 9.94. The van der Waals surface area contributed by atoms with Gasteiger partial charge in [-0.3, -0.25) is 24.1 Å². The van der Waals surface area contributed by atoms with Crippen LogP contribution in [0, 0.1) is 0 Å². The quantitative estimate of drug-likeness (QED) is 0.791. The number of hydrogen-bond acceptors (Lipinski definition) is 5. The zero-order valence-corrected chi connectivity index (χ0v) is 13.5. The van der Waals surface area contributed by atoms with Gasteiger partial charge in [0.1, 0.15) is 5.78 Å². The van der Waals surface area contributed by atoms with Gasteiger partial charge in [0.25, 0.3) is 11.8 Å². The monoisotopic (exact) mass is 329 g/mol. The van der Waals surface area contributed by atoms with Gasteiger partial charge < -0.3 is 4.74 Å². The molecule has 24 heavy (non-hydrogen) atoms. The van der Waals surface area contributed by atoms with Crippen molar-refractivity contribution in [3.63, 3.8) is 0 Å². The summed E-state index contributed by atoms with van der Waals surface area (Å²) in [6, 6.07) is 4.13. The van der Waals surface area contributed by atoms with Crippen molar-refractivity contribution in [2.45, 2.75) is 44.8 Å². The van der Waals surface area contributed by atoms with E-state index in [-0.39, 0.29) is 30.8 Å². The van der Waals surface area contributed by atoms with Crippen molar-refractivity contribution in [2.75, 3.05) is 7.11 Å². The largest absolute Gasteiger partial charge is 0.380 e. The molecule has 1 unspecified atom stereocenters. The number of imide groups is 1. The summed E-state index contributed by atoms with van der Waals surface area (Å²) >= 11 is 0. The van der Waals surface area contributed by atoms with Crippen LogP contribution in [-0.4, -0.2) is 41.4 Å². The van der Waals surface area contributed by atoms with Crippen LogP contribution in [0.2, 0.25) is 0 Å². The first-order valence-corrected chi connectivity index (χ1v) is 8.07. The molecule has 3 rings (SSSR count). The molecule has 1 aliphatic heterocycles. The van der Waals surface area contributed by atoms with Crippen LogP contribution >= 0.6 is 0 Å². The van der Waals surface area contributed by atoms with Gasteiger partial charge in [-0.15, -0.1) is 0 Å². The maximum Gasteiger partial charge on any atom is 0.262 e. The van der Waals surface area contributed by atoms with Crippen LogP contribution in [-0.2, 0) is 20.9 Å². The summed E-state index contributed by atoms with van der Waals surface area (Å²) in [7, 11) is 1.55. The third kappa shape index (κ3) is 2.89. The molecule has 2 aliphatic rings. The first-order valence-electron chi connectivity index (χ1n) is 8.07. The number of ketones is 2. The summed E-state index contributed by atoms with van der Waals surface area (Å²) in [5.74, 6) is -0.981. The van der Waals surface area contributed by atoms with Crippen molar-refractivity contribution in [3.05, 3.63) is 34.9 Å². The zero-order chi connectivity index (χ0) is 17.3. The van der Waals surface area contributed by atoms with Crippen molar-refractivity contribution in [1.29, 1.82) is 0 Å². The molecule has 0 bridgehead atoms. The lowest BCUT2D eigenvalue weighted by Crippen LogP contribution is -2.45. The highest BCUT2D eigenvalue weighted by molar-refractivity contribution is 6.23. The molecule has 1 aromatic rings. The predicted octanol–water partition coefficient (Wildman–Crippen LogP) is 1.90. The molecule has 0 N–H and O–H groups in total. The van der Waals surface area contributed by atoms with E-state index in [1.807, 2.05) is 0 Å². The second-order valence-corrected chi connectivity index (χ2v) is 6.21. The number of rotatable bonds is 3. The molecular formula is C18H19NO5. The number of carbonyl (C=O) groups is 4. The zero-order valence-electron chi connectivity index (χ0n) is 13.5. The Morgan fingerprint density at radius 2 is 1.79 bits per heavy atom. The Bertz CT molecular complexity index is 724. The fourth-order valence-electron chi connectivity index (χ4n) is 3.33. The predicted molar refractivity (Wildman–Crippen MR) is 84.5 cm³/mol. The SMILES string of the molecule is COCc1ccc2c(c1)C(=O)N(C1CCC(=O)CCCC1=O)C2=O. The number of Topliss-reactive ketones (excluding diaryl/α,β-unsaturated/α-hetero) is 2. The average molecular weight is 329 g/mol. The highest BCUT2D eigenvalue weighted by atomic mass is 16.5. The van der Waals surface area contributed by atoms with Crippen molar-refractivity contribution in [3.8, 4) is 0 Å². The number of amides is 2. The van der Waals surface area contributed by atoms with Crippen LogP contribution in [0.25, 0.3) is 0 Å². The van der Waals surface area contributed by atoms with Crippen molar-refractivity contribution in [2.24, 2.45) is 0 Å². The van der Waals surface area contributed by atoms with Crippen molar-refractivity contribution < 1.29 is 23.9 Å². The third-order valence-electron chi connectivity index (χ3n) is 4.55. The van der Waals surface area contributed by atoms with Gasteiger partial charge in [-0.05, 0) is 30.5 Å². The average Bonchev–Trinajstić information content (AvgIpc) is 2.79. The van der Waals surface area contributed by atoms with Gasteiger partial charge in [-0.2, -0.15) is 0 Å². The molecule has 0 aromatic heterocycles. The molecule has 2 amide bonds. The molecule has 1 heterocycles. The van der Waals surface area contributed by atoms with Crippen LogP contribution in [0.15, 0.2) is 18.2 Å². The van der Waals surface area contributed by atoms with Crippen LogP contribution in [0.3, 0.4) is 0 Å². The van der Waals surface area contributed by atoms with Gasteiger partial charge in [-0.1, -0.05) is 6.07 Å². The van der Waals surface area contributed by atoms with Crippen LogP contribution in [0.1, 0.15) is 58.4 Å². The van der Waals surface area contributed by atoms with Gasteiger partial charge in [0.05, 0.1) is 23.8 Å². The topological polar surface area (TPSA) is 80.8 Å². The van der Waals surface area contributed by atoms with E-state index in [2.05, 4.69) is 0 Å². The number of nitrogens with zero attached hydrogens (tertiary/aromatic N) is 1. The molecule has 0 spiro atoms. The number of hydrogen-bond donors (Lipinski definition) is 0. The molecular weight excluding hydrogens is 310 g/mol. The van der Waals surface area contributed by atoms with E-state index in [9.17, 15) is 19.2 Å².